The number of aromatic nitrogens is 2. The zero-order valence-corrected chi connectivity index (χ0v) is 17.1. The summed E-state index contributed by atoms with van der Waals surface area (Å²) >= 11 is 0. The molecule has 0 saturated carbocycles. The van der Waals surface area contributed by atoms with Crippen LogP contribution in [0.25, 0.3) is 16.6 Å². The molecular weight excluding hydrogens is 447 g/mol. The van der Waals surface area contributed by atoms with Gasteiger partial charge in [0.15, 0.2) is 17.3 Å². The predicted octanol–water partition coefficient (Wildman–Crippen LogP) is 5.14. The molecule has 1 atom stereocenters. The highest BCUT2D eigenvalue weighted by atomic mass is 19.4. The van der Waals surface area contributed by atoms with Gasteiger partial charge in [0, 0.05) is 5.39 Å². The van der Waals surface area contributed by atoms with E-state index in [1.54, 1.807) is 0 Å². The standard InChI is InChI=1S/C23H17F5N2O3/c1-32-20-4-2-3-18(25)21(20)33-13-22(31,23(26,27)28)15-5-10-19-14(11-15)12-29-30(19)17-8-6-16(24)7-9-17/h2-12,31H,13H2,1H3. The summed E-state index contributed by atoms with van der Waals surface area (Å²) in [6.07, 6.45) is -3.83. The summed E-state index contributed by atoms with van der Waals surface area (Å²) in [6.45, 7) is -1.31. The van der Waals surface area contributed by atoms with Crippen LogP contribution in [0.1, 0.15) is 5.56 Å². The Labute approximate surface area is 184 Å². The summed E-state index contributed by atoms with van der Waals surface area (Å²) in [5.74, 6) is -2.04. The van der Waals surface area contributed by atoms with E-state index in [1.165, 1.54) is 60.5 Å². The van der Waals surface area contributed by atoms with Gasteiger partial charge in [-0.1, -0.05) is 12.1 Å². The first-order chi connectivity index (χ1) is 15.6. The second-order valence-electron chi connectivity index (χ2n) is 7.22. The Bertz CT molecular complexity index is 1290. The normalized spacial score (nSPS) is 13.7. The van der Waals surface area contributed by atoms with Gasteiger partial charge in [0.05, 0.1) is 24.5 Å². The molecule has 1 unspecified atom stereocenters. The van der Waals surface area contributed by atoms with E-state index in [2.05, 4.69) is 5.10 Å². The van der Waals surface area contributed by atoms with Gasteiger partial charge in [-0.25, -0.2) is 13.5 Å². The van der Waals surface area contributed by atoms with E-state index < -0.39 is 41.3 Å². The van der Waals surface area contributed by atoms with Crippen molar-refractivity contribution in [2.75, 3.05) is 13.7 Å². The van der Waals surface area contributed by atoms with Gasteiger partial charge in [0.1, 0.15) is 12.4 Å². The molecule has 0 bridgehead atoms. The molecule has 0 amide bonds. The van der Waals surface area contributed by atoms with E-state index in [0.29, 0.717) is 16.6 Å². The van der Waals surface area contributed by atoms with Crippen LogP contribution in [0, 0.1) is 11.6 Å². The van der Waals surface area contributed by atoms with Crippen molar-refractivity contribution < 1.29 is 36.5 Å². The maximum Gasteiger partial charge on any atom is 0.424 e. The molecule has 1 aromatic heterocycles. The predicted molar refractivity (Wildman–Crippen MR) is 109 cm³/mol. The maximum atomic E-state index is 14.1. The van der Waals surface area contributed by atoms with Gasteiger partial charge >= 0.3 is 6.18 Å². The van der Waals surface area contributed by atoms with Crippen LogP contribution in [0.15, 0.2) is 66.9 Å². The molecule has 0 saturated heterocycles. The number of hydrogen-bond acceptors (Lipinski definition) is 4. The Kier molecular flexibility index (Phi) is 5.71. The van der Waals surface area contributed by atoms with Crippen molar-refractivity contribution in [3.63, 3.8) is 0 Å². The van der Waals surface area contributed by atoms with Crippen molar-refractivity contribution in [1.82, 2.24) is 9.78 Å². The van der Waals surface area contributed by atoms with Crippen LogP contribution in [0.4, 0.5) is 22.0 Å². The number of fused-ring (bicyclic) bond motifs is 1. The van der Waals surface area contributed by atoms with Gasteiger partial charge in [-0.15, -0.1) is 0 Å². The molecule has 1 N–H and O–H groups in total. The molecule has 0 fully saturated rings. The Morgan fingerprint density at radius 2 is 1.73 bits per heavy atom. The minimum atomic E-state index is -5.15. The summed E-state index contributed by atoms with van der Waals surface area (Å²) in [4.78, 5) is 0. The molecule has 0 aliphatic heterocycles. The number of aliphatic hydroxyl groups is 1. The van der Waals surface area contributed by atoms with E-state index in [-0.39, 0.29) is 5.75 Å². The summed E-state index contributed by atoms with van der Waals surface area (Å²) < 4.78 is 80.7. The van der Waals surface area contributed by atoms with Gasteiger partial charge in [0.25, 0.3) is 0 Å². The lowest BCUT2D eigenvalue weighted by Gasteiger charge is -2.31. The second kappa shape index (κ2) is 8.36. The van der Waals surface area contributed by atoms with Crippen LogP contribution in [0.2, 0.25) is 0 Å². The summed E-state index contributed by atoms with van der Waals surface area (Å²) in [5, 5.41) is 15.1. The van der Waals surface area contributed by atoms with E-state index in [4.69, 9.17) is 9.47 Å². The zero-order valence-electron chi connectivity index (χ0n) is 17.1. The topological polar surface area (TPSA) is 56.5 Å². The third-order valence-electron chi connectivity index (χ3n) is 5.16. The number of hydrogen-bond donors (Lipinski definition) is 1. The molecule has 1 heterocycles. The fourth-order valence-corrected chi connectivity index (χ4v) is 3.37. The molecule has 10 heteroatoms. The van der Waals surface area contributed by atoms with Crippen molar-refractivity contribution in [3.05, 3.63) is 84.1 Å². The second-order valence-corrected chi connectivity index (χ2v) is 7.22. The highest BCUT2D eigenvalue weighted by Gasteiger charge is 2.56. The molecular formula is C23H17F5N2O3. The Hall–Kier alpha value is -3.66. The lowest BCUT2D eigenvalue weighted by atomic mass is 9.93. The monoisotopic (exact) mass is 464 g/mol. The van der Waals surface area contributed by atoms with Gasteiger partial charge in [0.2, 0.25) is 5.60 Å². The van der Waals surface area contributed by atoms with E-state index in [9.17, 15) is 27.1 Å². The molecule has 33 heavy (non-hydrogen) atoms. The van der Waals surface area contributed by atoms with Crippen LogP contribution in [0.5, 0.6) is 11.5 Å². The van der Waals surface area contributed by atoms with Crippen molar-refractivity contribution in [2.24, 2.45) is 0 Å². The number of ether oxygens (including phenoxy) is 2. The SMILES string of the molecule is COc1cccc(F)c1OCC(O)(c1ccc2c(cnn2-c2ccc(F)cc2)c1)C(F)(F)F. The first kappa shape index (κ1) is 22.5. The number of benzene rings is 3. The highest BCUT2D eigenvalue weighted by Crippen LogP contribution is 2.41. The number of halogens is 5. The molecule has 172 valence electrons. The van der Waals surface area contributed by atoms with Crippen molar-refractivity contribution in [1.29, 1.82) is 0 Å². The maximum absolute atomic E-state index is 14.1. The Morgan fingerprint density at radius 1 is 1.00 bits per heavy atom. The van der Waals surface area contributed by atoms with Crippen LogP contribution in [-0.2, 0) is 5.60 Å². The average Bonchev–Trinajstić information content (AvgIpc) is 3.21. The van der Waals surface area contributed by atoms with Gasteiger partial charge < -0.3 is 14.6 Å². The van der Waals surface area contributed by atoms with Crippen molar-refractivity contribution in [3.8, 4) is 17.2 Å². The minimum absolute atomic E-state index is 0.115. The lowest BCUT2D eigenvalue weighted by molar-refractivity contribution is -0.275. The van der Waals surface area contributed by atoms with Gasteiger partial charge in [-0.2, -0.15) is 18.3 Å². The largest absolute Gasteiger partial charge is 0.493 e. The molecule has 3 aromatic carbocycles. The average molecular weight is 464 g/mol. The fourth-order valence-electron chi connectivity index (χ4n) is 3.37. The number of rotatable bonds is 6. The van der Waals surface area contributed by atoms with Gasteiger partial charge in [-0.3, -0.25) is 0 Å². The first-order valence-electron chi connectivity index (χ1n) is 9.62. The molecule has 0 spiro atoms. The lowest BCUT2D eigenvalue weighted by Crippen LogP contribution is -2.47. The number of nitrogens with zero attached hydrogens (tertiary/aromatic N) is 2. The smallest absolute Gasteiger partial charge is 0.424 e. The molecule has 0 aliphatic rings. The third-order valence-corrected chi connectivity index (χ3v) is 5.16. The first-order valence-corrected chi connectivity index (χ1v) is 9.62. The summed E-state index contributed by atoms with van der Waals surface area (Å²) in [6, 6.07) is 12.6. The Balaban J connectivity index is 1.71. The molecule has 4 rings (SSSR count). The number of para-hydroxylation sites is 1. The van der Waals surface area contributed by atoms with Crippen LogP contribution in [-0.4, -0.2) is 34.8 Å². The van der Waals surface area contributed by atoms with Crippen LogP contribution >= 0.6 is 0 Å². The zero-order chi connectivity index (χ0) is 23.8. The third kappa shape index (κ3) is 4.09. The van der Waals surface area contributed by atoms with Crippen LogP contribution < -0.4 is 9.47 Å². The molecule has 4 aromatic rings. The molecule has 5 nitrogen and oxygen atoms in total. The van der Waals surface area contributed by atoms with Crippen molar-refractivity contribution >= 4 is 10.9 Å². The van der Waals surface area contributed by atoms with Crippen LogP contribution in [0.3, 0.4) is 0 Å². The summed E-state index contributed by atoms with van der Waals surface area (Å²) in [5.41, 5.74) is -3.03. The quantitative estimate of drug-likeness (QED) is 0.402. The number of methoxy groups -OCH3 is 1. The van der Waals surface area contributed by atoms with E-state index in [0.717, 1.165) is 18.2 Å². The summed E-state index contributed by atoms with van der Waals surface area (Å²) in [7, 11) is 1.21. The van der Waals surface area contributed by atoms with Gasteiger partial charge in [-0.05, 0) is 54.1 Å². The number of alkyl halides is 3. The highest BCUT2D eigenvalue weighted by molar-refractivity contribution is 5.81. The molecule has 0 radical (unpaired) electrons. The minimum Gasteiger partial charge on any atom is -0.493 e. The van der Waals surface area contributed by atoms with E-state index in [1.807, 2.05) is 0 Å². The fraction of sp³-hybridized carbons (Fsp3) is 0.174. The molecule has 0 aliphatic carbocycles. The van der Waals surface area contributed by atoms with Crippen molar-refractivity contribution in [2.45, 2.75) is 11.8 Å². The Morgan fingerprint density at radius 3 is 2.39 bits per heavy atom. The van der Waals surface area contributed by atoms with E-state index >= 15 is 0 Å².